The molecule has 0 aliphatic heterocycles. The molecule has 6 nitrogen and oxygen atoms in total. The number of hydrogen-bond acceptors (Lipinski definition) is 6. The van der Waals surface area contributed by atoms with Crippen LogP contribution in [-0.4, -0.2) is 37.2 Å². The number of ether oxygens (including phenoxy) is 3. The Morgan fingerprint density at radius 2 is 0.621 bits per heavy atom. The summed E-state index contributed by atoms with van der Waals surface area (Å²) in [6.45, 7) is 6.27. The van der Waals surface area contributed by atoms with Gasteiger partial charge in [0.25, 0.3) is 0 Å². The topological polar surface area (TPSA) is 78.9 Å². The number of esters is 3. The Kier molecular flexibility index (Phi) is 49.6. The molecule has 0 saturated heterocycles. The Morgan fingerprint density at radius 1 is 0.318 bits per heavy atom. The highest BCUT2D eigenvalue weighted by Crippen LogP contribution is 2.14. The molecule has 0 aromatic carbocycles. The van der Waals surface area contributed by atoms with Gasteiger partial charge >= 0.3 is 17.9 Å². The minimum Gasteiger partial charge on any atom is -0.462 e. The number of allylic oxidation sites excluding steroid dienone is 22. The first kappa shape index (κ1) is 61.5. The predicted octanol–water partition coefficient (Wildman–Crippen LogP) is 17.5. The molecule has 66 heavy (non-hydrogen) atoms. The van der Waals surface area contributed by atoms with Crippen molar-refractivity contribution >= 4 is 17.9 Å². The van der Waals surface area contributed by atoms with Crippen LogP contribution in [0.1, 0.15) is 207 Å². The molecule has 370 valence electrons. The van der Waals surface area contributed by atoms with E-state index in [1.807, 2.05) is 12.2 Å². The van der Waals surface area contributed by atoms with Crippen LogP contribution < -0.4 is 0 Å². The molecule has 0 amide bonds. The van der Waals surface area contributed by atoms with Crippen molar-refractivity contribution < 1.29 is 28.6 Å². The molecule has 0 aromatic heterocycles. The average Bonchev–Trinajstić information content (AvgIpc) is 3.31. The Balaban J connectivity index is 4.59. The summed E-state index contributed by atoms with van der Waals surface area (Å²) >= 11 is 0. The summed E-state index contributed by atoms with van der Waals surface area (Å²) in [5.41, 5.74) is 0. The molecule has 0 aliphatic carbocycles. The average molecular weight is 911 g/mol. The standard InChI is InChI=1S/C60H94O6/c1-4-7-10-13-16-19-22-25-27-29-30-32-34-36-39-41-44-47-50-53-59(62)65-56-57(66-60(63)54-51-48-45-42-37-24-21-18-15-12-9-6-3)55-64-58(61)52-49-46-43-40-38-35-33-31-28-26-23-20-17-14-11-8-5-2/h7-8,10-11,16-17,19-20,25-28,30,32-33,35-36,39-40,43-44,47,57H,4-6,9,12-15,18,21-24,29,31,34,37-38,41-42,45-46,48-56H2,1-3H3/b10-7-,11-8-,19-16-,20-17-,27-25-,28-26-,32-30-,35-33-,39-36-,43-40-,47-44-/t57-/m0/s1. The van der Waals surface area contributed by atoms with Crippen molar-refractivity contribution in [1.29, 1.82) is 0 Å². The van der Waals surface area contributed by atoms with Gasteiger partial charge in [0.05, 0.1) is 0 Å². The van der Waals surface area contributed by atoms with Crippen molar-refractivity contribution in [2.45, 2.75) is 213 Å². The number of hydrogen-bond donors (Lipinski definition) is 0. The number of carbonyl (C=O) groups is 3. The van der Waals surface area contributed by atoms with E-state index in [1.54, 1.807) is 0 Å². The minimum atomic E-state index is -0.834. The van der Waals surface area contributed by atoms with Crippen molar-refractivity contribution in [3.05, 3.63) is 134 Å². The second-order valence-corrected chi connectivity index (χ2v) is 16.7. The molecule has 0 radical (unpaired) electrons. The van der Waals surface area contributed by atoms with Crippen molar-refractivity contribution in [2.24, 2.45) is 0 Å². The van der Waals surface area contributed by atoms with Gasteiger partial charge in [-0.2, -0.15) is 0 Å². The van der Waals surface area contributed by atoms with E-state index in [1.165, 1.54) is 57.8 Å². The van der Waals surface area contributed by atoms with Gasteiger partial charge in [-0.3, -0.25) is 14.4 Å². The van der Waals surface area contributed by atoms with Crippen LogP contribution in [0.2, 0.25) is 0 Å². The zero-order chi connectivity index (χ0) is 47.9. The highest BCUT2D eigenvalue weighted by molar-refractivity contribution is 5.71. The maximum Gasteiger partial charge on any atom is 0.306 e. The summed E-state index contributed by atoms with van der Waals surface area (Å²) < 4.78 is 16.7. The van der Waals surface area contributed by atoms with Gasteiger partial charge in [-0.25, -0.2) is 0 Å². The van der Waals surface area contributed by atoms with Gasteiger partial charge < -0.3 is 14.2 Å². The van der Waals surface area contributed by atoms with Gasteiger partial charge in [-0.1, -0.05) is 225 Å². The molecule has 0 saturated carbocycles. The summed E-state index contributed by atoms with van der Waals surface area (Å²) in [6.07, 6.45) is 74.5. The Hall–Kier alpha value is -4.45. The Morgan fingerprint density at radius 3 is 1.00 bits per heavy atom. The summed E-state index contributed by atoms with van der Waals surface area (Å²) in [6, 6.07) is 0. The lowest BCUT2D eigenvalue weighted by Gasteiger charge is -2.18. The lowest BCUT2D eigenvalue weighted by molar-refractivity contribution is -0.166. The van der Waals surface area contributed by atoms with Crippen LogP contribution in [0.25, 0.3) is 0 Å². The highest BCUT2D eigenvalue weighted by Gasteiger charge is 2.19. The zero-order valence-electron chi connectivity index (χ0n) is 42.1. The molecule has 6 heteroatoms. The van der Waals surface area contributed by atoms with E-state index >= 15 is 0 Å². The second kappa shape index (κ2) is 53.2. The van der Waals surface area contributed by atoms with Gasteiger partial charge in [0, 0.05) is 19.3 Å². The number of carbonyl (C=O) groups excluding carboxylic acids is 3. The highest BCUT2D eigenvalue weighted by atomic mass is 16.6. The molecular weight excluding hydrogens is 817 g/mol. The molecule has 0 aromatic rings. The molecule has 0 N–H and O–H groups in total. The lowest BCUT2D eigenvalue weighted by Crippen LogP contribution is -2.30. The molecule has 0 heterocycles. The molecule has 0 aliphatic rings. The van der Waals surface area contributed by atoms with Gasteiger partial charge in [0.1, 0.15) is 13.2 Å². The second-order valence-electron chi connectivity index (χ2n) is 16.7. The van der Waals surface area contributed by atoms with Gasteiger partial charge in [0.2, 0.25) is 0 Å². The van der Waals surface area contributed by atoms with E-state index < -0.39 is 6.10 Å². The van der Waals surface area contributed by atoms with Crippen LogP contribution in [0, 0.1) is 0 Å². The first-order valence-electron chi connectivity index (χ1n) is 26.2. The van der Waals surface area contributed by atoms with Crippen LogP contribution in [0.4, 0.5) is 0 Å². The van der Waals surface area contributed by atoms with Crippen molar-refractivity contribution in [2.75, 3.05) is 13.2 Å². The third-order valence-corrected chi connectivity index (χ3v) is 10.4. The van der Waals surface area contributed by atoms with E-state index in [2.05, 4.69) is 142 Å². The molecule has 0 fully saturated rings. The maximum atomic E-state index is 12.8. The van der Waals surface area contributed by atoms with Gasteiger partial charge in [-0.05, 0) is 96.3 Å². The number of unbranched alkanes of at least 4 members (excludes halogenated alkanes) is 12. The first-order chi connectivity index (χ1) is 32.5. The third kappa shape index (κ3) is 50.5. The van der Waals surface area contributed by atoms with E-state index in [-0.39, 0.29) is 44.0 Å². The molecule has 1 atom stereocenters. The fourth-order valence-corrected chi connectivity index (χ4v) is 6.56. The molecule has 0 unspecified atom stereocenters. The zero-order valence-corrected chi connectivity index (χ0v) is 42.1. The summed E-state index contributed by atoms with van der Waals surface area (Å²) in [4.78, 5) is 38.0. The van der Waals surface area contributed by atoms with E-state index in [4.69, 9.17) is 14.2 Å². The van der Waals surface area contributed by atoms with Crippen LogP contribution in [0.5, 0.6) is 0 Å². The maximum absolute atomic E-state index is 12.8. The van der Waals surface area contributed by atoms with Crippen molar-refractivity contribution in [3.8, 4) is 0 Å². The fraction of sp³-hybridized carbons (Fsp3) is 0.583. The Labute approximate surface area is 405 Å². The summed E-state index contributed by atoms with van der Waals surface area (Å²) in [5, 5.41) is 0. The van der Waals surface area contributed by atoms with Crippen LogP contribution >= 0.6 is 0 Å². The van der Waals surface area contributed by atoms with Gasteiger partial charge in [0.15, 0.2) is 6.10 Å². The molecule has 0 rings (SSSR count). The van der Waals surface area contributed by atoms with Crippen LogP contribution in [0.3, 0.4) is 0 Å². The quantitative estimate of drug-likeness (QED) is 0.0262. The Bertz CT molecular complexity index is 1460. The minimum absolute atomic E-state index is 0.134. The third-order valence-electron chi connectivity index (χ3n) is 10.4. The smallest absolute Gasteiger partial charge is 0.306 e. The SMILES string of the molecule is CC/C=C\C/C=C\C/C=C\C/C=C\C/C=C\C/C=C\CCC(=O)OC[C@H](COC(=O)CCC/C=C\C/C=C\C/C=C\C/C=C\C/C=C\CC)OC(=O)CCCCCCCCCCCCCC. The molecular formula is C60H94O6. The van der Waals surface area contributed by atoms with E-state index in [0.29, 0.717) is 19.3 Å². The number of rotatable bonds is 45. The molecule has 0 bridgehead atoms. The van der Waals surface area contributed by atoms with Gasteiger partial charge in [-0.15, -0.1) is 0 Å². The van der Waals surface area contributed by atoms with Crippen LogP contribution in [-0.2, 0) is 28.6 Å². The fourth-order valence-electron chi connectivity index (χ4n) is 6.56. The lowest BCUT2D eigenvalue weighted by atomic mass is 10.0. The largest absolute Gasteiger partial charge is 0.462 e. The first-order valence-corrected chi connectivity index (χ1v) is 26.2. The normalized spacial score (nSPS) is 13.2. The summed E-state index contributed by atoms with van der Waals surface area (Å²) in [7, 11) is 0. The molecule has 0 spiro atoms. The summed E-state index contributed by atoms with van der Waals surface area (Å²) in [5.74, 6) is -1.08. The van der Waals surface area contributed by atoms with Crippen LogP contribution in [0.15, 0.2) is 134 Å². The van der Waals surface area contributed by atoms with Crippen molar-refractivity contribution in [3.63, 3.8) is 0 Å². The van der Waals surface area contributed by atoms with Crippen molar-refractivity contribution in [1.82, 2.24) is 0 Å². The monoisotopic (exact) mass is 911 g/mol. The predicted molar refractivity (Wildman–Crippen MR) is 283 cm³/mol. The van der Waals surface area contributed by atoms with E-state index in [9.17, 15) is 14.4 Å². The van der Waals surface area contributed by atoms with E-state index in [0.717, 1.165) is 96.3 Å².